The van der Waals surface area contributed by atoms with Crippen LogP contribution >= 0.6 is 0 Å². The lowest BCUT2D eigenvalue weighted by Gasteiger charge is -2.32. The molecule has 2 amide bonds. The van der Waals surface area contributed by atoms with Crippen molar-refractivity contribution < 1.29 is 9.59 Å². The second-order valence-corrected chi connectivity index (χ2v) is 6.13. The van der Waals surface area contributed by atoms with E-state index in [-0.39, 0.29) is 17.7 Å². The van der Waals surface area contributed by atoms with E-state index < -0.39 is 0 Å². The Kier molecular flexibility index (Phi) is 4.83. The molecule has 2 aliphatic heterocycles. The molecule has 0 radical (unpaired) electrons. The fourth-order valence-electron chi connectivity index (χ4n) is 3.15. The first kappa shape index (κ1) is 14.4. The predicted octanol–water partition coefficient (Wildman–Crippen LogP) is 1.89. The van der Waals surface area contributed by atoms with E-state index in [1.807, 2.05) is 9.80 Å². The van der Waals surface area contributed by atoms with E-state index in [0.717, 1.165) is 38.9 Å². The third kappa shape index (κ3) is 3.48. The van der Waals surface area contributed by atoms with Crippen LogP contribution in [0, 0.1) is 11.8 Å². The van der Waals surface area contributed by atoms with Crippen LogP contribution in [-0.2, 0) is 9.59 Å². The zero-order valence-electron chi connectivity index (χ0n) is 12.2. The van der Waals surface area contributed by atoms with Gasteiger partial charge in [-0.05, 0) is 25.2 Å². The van der Waals surface area contributed by atoms with Crippen molar-refractivity contribution in [3.63, 3.8) is 0 Å². The van der Waals surface area contributed by atoms with Gasteiger partial charge in [-0.1, -0.05) is 20.3 Å². The van der Waals surface area contributed by atoms with Crippen LogP contribution in [0.5, 0.6) is 0 Å². The summed E-state index contributed by atoms with van der Waals surface area (Å²) < 4.78 is 0. The molecule has 4 heteroatoms. The molecule has 108 valence electrons. The Morgan fingerprint density at radius 2 is 2.16 bits per heavy atom. The summed E-state index contributed by atoms with van der Waals surface area (Å²) in [6.45, 7) is 7.53. The number of hydrogen-bond acceptors (Lipinski definition) is 2. The van der Waals surface area contributed by atoms with E-state index in [0.29, 0.717) is 18.9 Å². The van der Waals surface area contributed by atoms with Gasteiger partial charge in [0.15, 0.2) is 0 Å². The molecule has 4 nitrogen and oxygen atoms in total. The van der Waals surface area contributed by atoms with Crippen LogP contribution in [0.1, 0.15) is 46.0 Å². The molecule has 0 aliphatic carbocycles. The quantitative estimate of drug-likeness (QED) is 0.779. The minimum Gasteiger partial charge on any atom is -0.342 e. The summed E-state index contributed by atoms with van der Waals surface area (Å²) in [6.07, 6.45) is 4.87. The topological polar surface area (TPSA) is 40.6 Å². The monoisotopic (exact) mass is 266 g/mol. The number of likely N-dealkylation sites (tertiary alicyclic amines) is 2. The van der Waals surface area contributed by atoms with Gasteiger partial charge in [0.1, 0.15) is 0 Å². The number of unbranched alkanes of at least 4 members (excludes halogenated alkanes) is 1. The van der Waals surface area contributed by atoms with Crippen molar-refractivity contribution in [2.45, 2.75) is 46.0 Å². The molecule has 0 aromatic rings. The highest BCUT2D eigenvalue weighted by molar-refractivity contribution is 5.89. The smallest absolute Gasteiger partial charge is 0.228 e. The number of carbonyl (C=O) groups excluding carboxylic acids is 2. The molecule has 0 aromatic heterocycles. The number of carbonyl (C=O) groups is 2. The van der Waals surface area contributed by atoms with Crippen LogP contribution in [0.25, 0.3) is 0 Å². The Hall–Kier alpha value is -1.06. The van der Waals surface area contributed by atoms with Gasteiger partial charge in [0.25, 0.3) is 0 Å². The second kappa shape index (κ2) is 6.40. The number of piperidine rings is 1. The fourth-order valence-corrected chi connectivity index (χ4v) is 3.15. The van der Waals surface area contributed by atoms with Crippen molar-refractivity contribution in [3.05, 3.63) is 0 Å². The van der Waals surface area contributed by atoms with Crippen molar-refractivity contribution in [1.29, 1.82) is 0 Å². The molecule has 2 aliphatic rings. The van der Waals surface area contributed by atoms with E-state index in [1.54, 1.807) is 0 Å². The molecule has 0 saturated carbocycles. The minimum absolute atomic E-state index is 0.0883. The highest BCUT2D eigenvalue weighted by Gasteiger charge is 2.36. The predicted molar refractivity (Wildman–Crippen MR) is 74.6 cm³/mol. The maximum Gasteiger partial charge on any atom is 0.228 e. The van der Waals surface area contributed by atoms with Gasteiger partial charge in [-0.3, -0.25) is 9.59 Å². The standard InChI is InChI=1S/C15H26N2O2/c1-3-4-7-16-11-13(9-14(16)18)15(19)17-8-5-6-12(2)10-17/h12-13H,3-11H2,1-2H3/t12-,13+/m1/s1. The lowest BCUT2D eigenvalue weighted by Crippen LogP contribution is -2.43. The fraction of sp³-hybridized carbons (Fsp3) is 0.867. The van der Waals surface area contributed by atoms with Gasteiger partial charge in [-0.15, -0.1) is 0 Å². The number of amides is 2. The molecule has 2 fully saturated rings. The molecular formula is C15H26N2O2. The van der Waals surface area contributed by atoms with Crippen molar-refractivity contribution in [3.8, 4) is 0 Å². The summed E-state index contributed by atoms with van der Waals surface area (Å²) in [7, 11) is 0. The lowest BCUT2D eigenvalue weighted by atomic mass is 9.98. The van der Waals surface area contributed by atoms with Crippen LogP contribution in [0.3, 0.4) is 0 Å². The van der Waals surface area contributed by atoms with Crippen molar-refractivity contribution >= 4 is 11.8 Å². The zero-order chi connectivity index (χ0) is 13.8. The third-order valence-electron chi connectivity index (χ3n) is 4.31. The minimum atomic E-state index is -0.0883. The Labute approximate surface area is 116 Å². The first-order valence-corrected chi connectivity index (χ1v) is 7.68. The maximum absolute atomic E-state index is 12.5. The van der Waals surface area contributed by atoms with E-state index in [2.05, 4.69) is 13.8 Å². The summed E-state index contributed by atoms with van der Waals surface area (Å²) in [4.78, 5) is 28.2. The van der Waals surface area contributed by atoms with E-state index in [4.69, 9.17) is 0 Å². The van der Waals surface area contributed by atoms with Gasteiger partial charge < -0.3 is 9.80 Å². The van der Waals surface area contributed by atoms with Gasteiger partial charge >= 0.3 is 0 Å². The highest BCUT2D eigenvalue weighted by atomic mass is 16.2. The van der Waals surface area contributed by atoms with Crippen molar-refractivity contribution in [2.75, 3.05) is 26.2 Å². The number of nitrogens with zero attached hydrogens (tertiary/aromatic N) is 2. The Bertz CT molecular complexity index is 343. The molecule has 0 bridgehead atoms. The van der Waals surface area contributed by atoms with Crippen molar-refractivity contribution in [2.24, 2.45) is 11.8 Å². The summed E-state index contributed by atoms with van der Waals surface area (Å²) in [5, 5.41) is 0. The molecule has 2 heterocycles. The summed E-state index contributed by atoms with van der Waals surface area (Å²) >= 11 is 0. The van der Waals surface area contributed by atoms with Gasteiger partial charge in [0.05, 0.1) is 5.92 Å². The lowest BCUT2D eigenvalue weighted by molar-refractivity contribution is -0.137. The number of hydrogen-bond donors (Lipinski definition) is 0. The van der Waals surface area contributed by atoms with Crippen LogP contribution in [-0.4, -0.2) is 47.8 Å². The summed E-state index contributed by atoms with van der Waals surface area (Å²) in [6, 6.07) is 0. The van der Waals surface area contributed by atoms with E-state index >= 15 is 0 Å². The summed E-state index contributed by atoms with van der Waals surface area (Å²) in [5.41, 5.74) is 0. The Morgan fingerprint density at radius 1 is 1.37 bits per heavy atom. The molecule has 0 spiro atoms. The molecule has 2 atom stereocenters. The second-order valence-electron chi connectivity index (χ2n) is 6.13. The SMILES string of the molecule is CCCCN1C[C@@H](C(=O)N2CCC[C@@H](C)C2)CC1=O. The molecule has 19 heavy (non-hydrogen) atoms. The average molecular weight is 266 g/mol. The molecular weight excluding hydrogens is 240 g/mol. The average Bonchev–Trinajstić information content (AvgIpc) is 2.77. The van der Waals surface area contributed by atoms with Gasteiger partial charge in [-0.2, -0.15) is 0 Å². The maximum atomic E-state index is 12.5. The Morgan fingerprint density at radius 3 is 2.84 bits per heavy atom. The number of rotatable bonds is 4. The molecule has 0 unspecified atom stereocenters. The molecule has 2 rings (SSSR count). The van der Waals surface area contributed by atoms with Gasteiger partial charge in [0, 0.05) is 32.6 Å². The Balaban J connectivity index is 1.88. The van der Waals surface area contributed by atoms with Gasteiger partial charge in [0.2, 0.25) is 11.8 Å². The first-order valence-electron chi connectivity index (χ1n) is 7.68. The normalized spacial score (nSPS) is 28.0. The van der Waals surface area contributed by atoms with Crippen molar-refractivity contribution in [1.82, 2.24) is 9.80 Å². The van der Waals surface area contributed by atoms with Crippen LogP contribution in [0.2, 0.25) is 0 Å². The van der Waals surface area contributed by atoms with Crippen LogP contribution in [0.15, 0.2) is 0 Å². The molecule has 0 aromatic carbocycles. The van der Waals surface area contributed by atoms with Gasteiger partial charge in [-0.25, -0.2) is 0 Å². The van der Waals surface area contributed by atoms with Crippen LogP contribution < -0.4 is 0 Å². The third-order valence-corrected chi connectivity index (χ3v) is 4.31. The molecule has 2 saturated heterocycles. The van der Waals surface area contributed by atoms with E-state index in [1.165, 1.54) is 6.42 Å². The first-order chi connectivity index (χ1) is 9.11. The van der Waals surface area contributed by atoms with Crippen LogP contribution in [0.4, 0.5) is 0 Å². The zero-order valence-corrected chi connectivity index (χ0v) is 12.2. The molecule has 0 N–H and O–H groups in total. The van der Waals surface area contributed by atoms with E-state index in [9.17, 15) is 9.59 Å². The largest absolute Gasteiger partial charge is 0.342 e. The highest BCUT2D eigenvalue weighted by Crippen LogP contribution is 2.23. The summed E-state index contributed by atoms with van der Waals surface area (Å²) in [5.74, 6) is 0.886.